The van der Waals surface area contributed by atoms with Crippen molar-refractivity contribution in [2.75, 3.05) is 13.6 Å². The molecule has 2 unspecified atom stereocenters. The third-order valence-electron chi connectivity index (χ3n) is 7.50. The van der Waals surface area contributed by atoms with Crippen LogP contribution in [0.4, 0.5) is 0 Å². The lowest BCUT2D eigenvalue weighted by Crippen LogP contribution is -2.55. The fourth-order valence-electron chi connectivity index (χ4n) is 5.34. The van der Waals surface area contributed by atoms with Gasteiger partial charge < -0.3 is 15.5 Å². The van der Waals surface area contributed by atoms with E-state index in [0.29, 0.717) is 6.54 Å². The van der Waals surface area contributed by atoms with E-state index < -0.39 is 6.04 Å². The number of nitrogens with zero attached hydrogens (tertiary/aromatic N) is 3. The highest BCUT2D eigenvalue weighted by atomic mass is 16.2. The van der Waals surface area contributed by atoms with E-state index in [1.54, 1.807) is 13.4 Å². The van der Waals surface area contributed by atoms with Gasteiger partial charge in [0, 0.05) is 12.1 Å². The zero-order valence-corrected chi connectivity index (χ0v) is 20.6. The van der Waals surface area contributed by atoms with Gasteiger partial charge in [0.15, 0.2) is 0 Å². The maximum atomic E-state index is 13.9. The van der Waals surface area contributed by atoms with Crippen LogP contribution >= 0.6 is 0 Å². The molecule has 0 spiro atoms. The molecule has 0 radical (unpaired) electrons. The SMILES string of the molecule is CNC(C)C(=O)N[C@H](C(=O)N1CCCC1c1cc(-c2ccccc2C)ncn1)C1CCCCC1. The minimum Gasteiger partial charge on any atom is -0.343 e. The van der Waals surface area contributed by atoms with E-state index in [1.165, 1.54) is 6.42 Å². The number of carbonyl (C=O) groups excluding carboxylic acids is 2. The molecule has 1 aliphatic carbocycles. The minimum atomic E-state index is -0.484. The van der Waals surface area contributed by atoms with Crippen LogP contribution in [0.15, 0.2) is 36.7 Å². The van der Waals surface area contributed by atoms with Crippen molar-refractivity contribution in [3.8, 4) is 11.3 Å². The molecule has 4 rings (SSSR count). The highest BCUT2D eigenvalue weighted by molar-refractivity contribution is 5.90. The normalized spacial score (nSPS) is 20.7. The van der Waals surface area contributed by atoms with Gasteiger partial charge in [-0.25, -0.2) is 9.97 Å². The number of aromatic nitrogens is 2. The number of benzene rings is 1. The Balaban J connectivity index is 1.59. The number of carbonyl (C=O) groups is 2. The summed E-state index contributed by atoms with van der Waals surface area (Å²) in [5.41, 5.74) is 3.99. The van der Waals surface area contributed by atoms with Gasteiger partial charge in [0.05, 0.1) is 23.5 Å². The molecule has 2 fully saturated rings. The molecular formula is C27H37N5O2. The van der Waals surface area contributed by atoms with Crippen LogP contribution in [0.3, 0.4) is 0 Å². The van der Waals surface area contributed by atoms with E-state index in [2.05, 4.69) is 39.7 Å². The Morgan fingerprint density at radius 3 is 2.56 bits per heavy atom. The second-order valence-corrected chi connectivity index (χ2v) is 9.73. The van der Waals surface area contributed by atoms with Crippen molar-refractivity contribution in [2.24, 2.45) is 5.92 Å². The van der Waals surface area contributed by atoms with Crippen LogP contribution in [-0.4, -0.2) is 52.4 Å². The number of aryl methyl sites for hydroxylation is 1. The van der Waals surface area contributed by atoms with E-state index in [4.69, 9.17) is 0 Å². The quantitative estimate of drug-likeness (QED) is 0.652. The summed E-state index contributed by atoms with van der Waals surface area (Å²) in [6.07, 6.45) is 8.79. The lowest BCUT2D eigenvalue weighted by Gasteiger charge is -2.35. The maximum absolute atomic E-state index is 13.9. The first-order valence-electron chi connectivity index (χ1n) is 12.7. The summed E-state index contributed by atoms with van der Waals surface area (Å²) >= 11 is 0. The Morgan fingerprint density at radius 2 is 1.82 bits per heavy atom. The van der Waals surface area contributed by atoms with E-state index in [9.17, 15) is 9.59 Å². The molecule has 2 N–H and O–H groups in total. The van der Waals surface area contributed by atoms with Crippen LogP contribution < -0.4 is 10.6 Å². The van der Waals surface area contributed by atoms with Crippen molar-refractivity contribution in [1.82, 2.24) is 25.5 Å². The topological polar surface area (TPSA) is 87.2 Å². The Morgan fingerprint density at radius 1 is 1.06 bits per heavy atom. The molecule has 2 aliphatic rings. The molecule has 1 saturated heterocycles. The molecular weight excluding hydrogens is 426 g/mol. The van der Waals surface area contributed by atoms with Crippen molar-refractivity contribution in [2.45, 2.75) is 76.9 Å². The minimum absolute atomic E-state index is 0.0297. The summed E-state index contributed by atoms with van der Waals surface area (Å²) in [5.74, 6) is 0.0941. The second-order valence-electron chi connectivity index (χ2n) is 9.73. The van der Waals surface area contributed by atoms with Crippen molar-refractivity contribution in [3.63, 3.8) is 0 Å². The Labute approximate surface area is 202 Å². The van der Waals surface area contributed by atoms with Crippen LogP contribution in [0.1, 0.15) is 69.2 Å². The average Bonchev–Trinajstić information content (AvgIpc) is 3.37. The van der Waals surface area contributed by atoms with Gasteiger partial charge in [0.2, 0.25) is 11.8 Å². The molecule has 2 amide bonds. The zero-order valence-electron chi connectivity index (χ0n) is 20.6. The number of likely N-dealkylation sites (tertiary alicyclic amines) is 1. The molecule has 1 aromatic carbocycles. The third-order valence-corrected chi connectivity index (χ3v) is 7.50. The fourth-order valence-corrected chi connectivity index (χ4v) is 5.34. The number of nitrogens with one attached hydrogen (secondary N) is 2. The first-order chi connectivity index (χ1) is 16.5. The number of amides is 2. The highest BCUT2D eigenvalue weighted by Gasteiger charge is 2.39. The monoisotopic (exact) mass is 463 g/mol. The molecule has 7 heteroatoms. The maximum Gasteiger partial charge on any atom is 0.246 e. The van der Waals surface area contributed by atoms with E-state index in [1.807, 2.05) is 30.0 Å². The number of hydrogen-bond donors (Lipinski definition) is 2. The van der Waals surface area contributed by atoms with Gasteiger partial charge in [-0.3, -0.25) is 9.59 Å². The number of likely N-dealkylation sites (N-methyl/N-ethyl adjacent to an activating group) is 1. The standard InChI is InChI=1S/C27H37N5O2/c1-18-10-7-8-13-21(18)22-16-23(30-17-29-22)24-14-9-15-32(24)27(34)25(20-11-5-4-6-12-20)31-26(33)19(2)28-3/h7-8,10,13,16-17,19-20,24-25,28H,4-6,9,11-12,14-15H2,1-3H3,(H,31,33)/t19?,24?,25-/m0/s1. The van der Waals surface area contributed by atoms with E-state index in [-0.39, 0.29) is 29.8 Å². The number of rotatable bonds is 7. The summed E-state index contributed by atoms with van der Waals surface area (Å²) in [4.78, 5) is 37.7. The molecule has 2 heterocycles. The van der Waals surface area contributed by atoms with Gasteiger partial charge in [-0.15, -0.1) is 0 Å². The average molecular weight is 464 g/mol. The highest BCUT2D eigenvalue weighted by Crippen LogP contribution is 2.35. The molecule has 3 atom stereocenters. The molecule has 1 aliphatic heterocycles. The van der Waals surface area contributed by atoms with Gasteiger partial charge >= 0.3 is 0 Å². The fraction of sp³-hybridized carbons (Fsp3) is 0.556. The van der Waals surface area contributed by atoms with E-state index >= 15 is 0 Å². The van der Waals surface area contributed by atoms with Crippen molar-refractivity contribution in [3.05, 3.63) is 47.9 Å². The Bertz CT molecular complexity index is 1000. The molecule has 0 bridgehead atoms. The van der Waals surface area contributed by atoms with Crippen molar-refractivity contribution < 1.29 is 9.59 Å². The van der Waals surface area contributed by atoms with E-state index in [0.717, 1.165) is 61.0 Å². The Kier molecular flexibility index (Phi) is 7.93. The third kappa shape index (κ3) is 5.30. The summed E-state index contributed by atoms with van der Waals surface area (Å²) < 4.78 is 0. The van der Waals surface area contributed by atoms with Gasteiger partial charge in [-0.1, -0.05) is 43.5 Å². The van der Waals surface area contributed by atoms with Gasteiger partial charge in [-0.05, 0) is 64.1 Å². The molecule has 1 saturated carbocycles. The smallest absolute Gasteiger partial charge is 0.246 e. The summed E-state index contributed by atoms with van der Waals surface area (Å²) in [6, 6.07) is 9.28. The second kappa shape index (κ2) is 11.1. The first kappa shape index (κ1) is 24.3. The lowest BCUT2D eigenvalue weighted by atomic mass is 9.83. The number of hydrogen-bond acceptors (Lipinski definition) is 5. The van der Waals surface area contributed by atoms with Crippen molar-refractivity contribution in [1.29, 1.82) is 0 Å². The van der Waals surface area contributed by atoms with Crippen LogP contribution in [-0.2, 0) is 9.59 Å². The van der Waals surface area contributed by atoms with Crippen LogP contribution in [0, 0.1) is 12.8 Å². The lowest BCUT2D eigenvalue weighted by molar-refractivity contribution is -0.139. The molecule has 182 valence electrons. The van der Waals surface area contributed by atoms with Crippen molar-refractivity contribution >= 4 is 11.8 Å². The van der Waals surface area contributed by atoms with Crippen LogP contribution in [0.25, 0.3) is 11.3 Å². The molecule has 1 aromatic heterocycles. The largest absolute Gasteiger partial charge is 0.343 e. The van der Waals surface area contributed by atoms with Crippen LogP contribution in [0.5, 0.6) is 0 Å². The summed E-state index contributed by atoms with van der Waals surface area (Å²) in [6.45, 7) is 4.59. The van der Waals surface area contributed by atoms with Gasteiger partial charge in [0.1, 0.15) is 12.4 Å². The predicted octanol–water partition coefficient (Wildman–Crippen LogP) is 3.79. The first-order valence-corrected chi connectivity index (χ1v) is 12.7. The molecule has 2 aromatic rings. The molecule has 7 nitrogen and oxygen atoms in total. The van der Waals surface area contributed by atoms with Gasteiger partial charge in [0.25, 0.3) is 0 Å². The van der Waals surface area contributed by atoms with Gasteiger partial charge in [-0.2, -0.15) is 0 Å². The summed E-state index contributed by atoms with van der Waals surface area (Å²) in [5, 5.41) is 6.09. The summed E-state index contributed by atoms with van der Waals surface area (Å²) in [7, 11) is 1.76. The predicted molar refractivity (Wildman–Crippen MR) is 133 cm³/mol. The van der Waals surface area contributed by atoms with Crippen LogP contribution in [0.2, 0.25) is 0 Å². The Hall–Kier alpha value is -2.80. The molecule has 34 heavy (non-hydrogen) atoms. The zero-order chi connectivity index (χ0) is 24.1.